The maximum atomic E-state index is 12.7. The van der Waals surface area contributed by atoms with E-state index in [0.717, 1.165) is 37.9 Å². The number of hydrogen-bond donors (Lipinski definition) is 1. The number of aromatic nitrogens is 2. The summed E-state index contributed by atoms with van der Waals surface area (Å²) in [5.74, 6) is 1.49. The molecular formula is C21H34N4O2. The summed E-state index contributed by atoms with van der Waals surface area (Å²) in [5, 5.41) is 3.15. The molecule has 2 atom stereocenters. The average molecular weight is 375 g/mol. The van der Waals surface area contributed by atoms with E-state index < -0.39 is 0 Å². The van der Waals surface area contributed by atoms with Crippen LogP contribution in [0, 0.1) is 17.3 Å². The van der Waals surface area contributed by atoms with E-state index in [2.05, 4.69) is 24.1 Å². The highest BCUT2D eigenvalue weighted by atomic mass is 16.2. The molecule has 0 unspecified atom stereocenters. The molecule has 1 saturated carbocycles. The molecule has 3 rings (SSSR count). The van der Waals surface area contributed by atoms with Crippen molar-refractivity contribution in [1.29, 1.82) is 0 Å². The second-order valence-corrected chi connectivity index (χ2v) is 9.15. The van der Waals surface area contributed by atoms with Crippen molar-refractivity contribution in [3.8, 4) is 0 Å². The molecule has 0 radical (unpaired) electrons. The lowest BCUT2D eigenvalue weighted by Crippen LogP contribution is -2.36. The predicted octanol–water partition coefficient (Wildman–Crippen LogP) is 2.70. The third-order valence-electron chi connectivity index (χ3n) is 6.27. The van der Waals surface area contributed by atoms with Crippen LogP contribution in [0.3, 0.4) is 0 Å². The summed E-state index contributed by atoms with van der Waals surface area (Å²) in [6.07, 6.45) is 8.32. The predicted molar refractivity (Wildman–Crippen MR) is 105 cm³/mol. The summed E-state index contributed by atoms with van der Waals surface area (Å²) in [6.45, 7) is 8.47. The fourth-order valence-corrected chi connectivity index (χ4v) is 4.01. The van der Waals surface area contributed by atoms with Gasteiger partial charge in [-0.3, -0.25) is 9.59 Å². The summed E-state index contributed by atoms with van der Waals surface area (Å²) < 4.78 is 2.04. The van der Waals surface area contributed by atoms with Crippen molar-refractivity contribution < 1.29 is 9.59 Å². The number of aryl methyl sites for hydroxylation is 1. The molecule has 1 N–H and O–H groups in total. The maximum absolute atomic E-state index is 12.7. The molecule has 1 aromatic heterocycles. The molecule has 1 aromatic rings. The third-order valence-corrected chi connectivity index (χ3v) is 6.27. The molecule has 2 amide bonds. The van der Waals surface area contributed by atoms with Crippen LogP contribution in [0.1, 0.15) is 64.5 Å². The Balaban J connectivity index is 1.62. The van der Waals surface area contributed by atoms with Crippen molar-refractivity contribution in [3.63, 3.8) is 0 Å². The minimum Gasteiger partial charge on any atom is -0.355 e. The van der Waals surface area contributed by atoms with Crippen LogP contribution in [0.2, 0.25) is 0 Å². The highest BCUT2D eigenvalue weighted by molar-refractivity contribution is 5.84. The molecule has 0 aromatic carbocycles. The summed E-state index contributed by atoms with van der Waals surface area (Å²) in [6, 6.07) is 0. The number of carbonyl (C=O) groups excluding carboxylic acids is 2. The summed E-state index contributed by atoms with van der Waals surface area (Å²) in [5.41, 5.74) is 0.983. The van der Waals surface area contributed by atoms with Gasteiger partial charge in [-0.2, -0.15) is 0 Å². The van der Waals surface area contributed by atoms with E-state index in [1.807, 2.05) is 36.0 Å². The Labute approximate surface area is 162 Å². The lowest BCUT2D eigenvalue weighted by Gasteiger charge is -2.20. The van der Waals surface area contributed by atoms with E-state index in [0.29, 0.717) is 25.4 Å². The highest BCUT2D eigenvalue weighted by Crippen LogP contribution is 2.45. The first-order valence-electron chi connectivity index (χ1n) is 10.3. The van der Waals surface area contributed by atoms with E-state index >= 15 is 0 Å². The number of carbonyl (C=O) groups is 2. The Morgan fingerprint density at radius 3 is 2.67 bits per heavy atom. The van der Waals surface area contributed by atoms with Gasteiger partial charge in [0.1, 0.15) is 0 Å². The third kappa shape index (κ3) is 4.71. The van der Waals surface area contributed by atoms with Gasteiger partial charge >= 0.3 is 0 Å². The Bertz CT molecular complexity index is 677. The summed E-state index contributed by atoms with van der Waals surface area (Å²) in [7, 11) is 2.00. The monoisotopic (exact) mass is 374 g/mol. The Hall–Kier alpha value is -1.85. The number of likely N-dealkylation sites (tertiary alicyclic amines) is 1. The molecule has 2 aliphatic rings. The Morgan fingerprint density at radius 1 is 1.33 bits per heavy atom. The zero-order chi connectivity index (χ0) is 19.6. The van der Waals surface area contributed by atoms with Crippen molar-refractivity contribution in [2.45, 2.75) is 58.8 Å². The van der Waals surface area contributed by atoms with Crippen LogP contribution in [-0.4, -0.2) is 45.9 Å². The molecule has 0 bridgehead atoms. The number of nitrogens with one attached hydrogen (secondary N) is 1. The molecule has 1 aliphatic carbocycles. The molecule has 27 heavy (non-hydrogen) atoms. The van der Waals surface area contributed by atoms with Gasteiger partial charge in [0.05, 0.1) is 6.33 Å². The first-order chi connectivity index (χ1) is 12.8. The average Bonchev–Trinajstić information content (AvgIpc) is 3.04. The largest absolute Gasteiger partial charge is 0.355 e. The molecule has 1 aliphatic heterocycles. The highest BCUT2D eigenvalue weighted by Gasteiger charge is 2.45. The van der Waals surface area contributed by atoms with Crippen LogP contribution in [0.15, 0.2) is 12.5 Å². The standard InChI is InChI=1S/C21H34N4O2/c1-15(2)6-5-7-19(26)25-12-16(10-23-20(27)21(3)8-9-21)17(13-25)18-11-22-14-24(18)4/h11,14-17H,5-10,12-13H2,1-4H3,(H,23,27)/t16-,17-/m1/s1. The van der Waals surface area contributed by atoms with Gasteiger partial charge in [0.2, 0.25) is 11.8 Å². The summed E-state index contributed by atoms with van der Waals surface area (Å²) >= 11 is 0. The smallest absolute Gasteiger partial charge is 0.225 e. The lowest BCUT2D eigenvalue weighted by atomic mass is 9.92. The second kappa shape index (κ2) is 8.03. The van der Waals surface area contributed by atoms with Crippen molar-refractivity contribution in [2.24, 2.45) is 24.3 Å². The van der Waals surface area contributed by atoms with Gasteiger partial charge < -0.3 is 14.8 Å². The van der Waals surface area contributed by atoms with E-state index in [9.17, 15) is 9.59 Å². The van der Waals surface area contributed by atoms with Crippen LogP contribution in [0.5, 0.6) is 0 Å². The van der Waals surface area contributed by atoms with Gasteiger partial charge in [-0.1, -0.05) is 27.2 Å². The Kier molecular flexibility index (Phi) is 5.92. The van der Waals surface area contributed by atoms with Gasteiger partial charge in [0, 0.05) is 62.2 Å². The second-order valence-electron chi connectivity index (χ2n) is 9.15. The number of amides is 2. The molecule has 2 fully saturated rings. The van der Waals surface area contributed by atoms with Gasteiger partial charge in [0.25, 0.3) is 0 Å². The summed E-state index contributed by atoms with van der Waals surface area (Å²) in [4.78, 5) is 31.3. The van der Waals surface area contributed by atoms with Crippen LogP contribution in [0.4, 0.5) is 0 Å². The van der Waals surface area contributed by atoms with Crippen LogP contribution in [0.25, 0.3) is 0 Å². The number of imidazole rings is 1. The van der Waals surface area contributed by atoms with Crippen LogP contribution >= 0.6 is 0 Å². The minimum atomic E-state index is -0.160. The molecule has 2 heterocycles. The van der Waals surface area contributed by atoms with Crippen LogP contribution < -0.4 is 5.32 Å². The van der Waals surface area contributed by atoms with Crippen molar-refractivity contribution in [3.05, 3.63) is 18.2 Å². The topological polar surface area (TPSA) is 67.2 Å². The molecular weight excluding hydrogens is 340 g/mol. The first-order valence-corrected chi connectivity index (χ1v) is 10.3. The quantitative estimate of drug-likeness (QED) is 0.761. The molecule has 6 nitrogen and oxygen atoms in total. The number of hydrogen-bond acceptors (Lipinski definition) is 3. The molecule has 6 heteroatoms. The normalized spacial score (nSPS) is 23.7. The molecule has 1 saturated heterocycles. The Morgan fingerprint density at radius 2 is 2.07 bits per heavy atom. The van der Waals surface area contributed by atoms with E-state index in [-0.39, 0.29) is 29.1 Å². The van der Waals surface area contributed by atoms with E-state index in [1.54, 1.807) is 0 Å². The first kappa shape index (κ1) is 19.9. The maximum Gasteiger partial charge on any atom is 0.225 e. The lowest BCUT2D eigenvalue weighted by molar-refractivity contribution is -0.130. The minimum absolute atomic E-state index is 0.160. The number of nitrogens with zero attached hydrogens (tertiary/aromatic N) is 3. The van der Waals surface area contributed by atoms with Crippen molar-refractivity contribution in [1.82, 2.24) is 19.8 Å². The van der Waals surface area contributed by atoms with Gasteiger partial charge in [-0.25, -0.2) is 4.98 Å². The van der Waals surface area contributed by atoms with E-state index in [4.69, 9.17) is 0 Å². The van der Waals surface area contributed by atoms with Crippen molar-refractivity contribution >= 4 is 11.8 Å². The van der Waals surface area contributed by atoms with Gasteiger partial charge in [0.15, 0.2) is 0 Å². The van der Waals surface area contributed by atoms with E-state index in [1.165, 1.54) is 0 Å². The van der Waals surface area contributed by atoms with Gasteiger partial charge in [-0.05, 0) is 25.2 Å². The zero-order valence-electron chi connectivity index (χ0n) is 17.2. The SMILES string of the molecule is CC(C)CCCC(=O)N1C[C@@H](CNC(=O)C2(C)CC2)[C@H](c2cncn2C)C1. The number of rotatable bonds is 8. The molecule has 0 spiro atoms. The van der Waals surface area contributed by atoms with Gasteiger partial charge in [-0.15, -0.1) is 0 Å². The zero-order valence-corrected chi connectivity index (χ0v) is 17.2. The van der Waals surface area contributed by atoms with Crippen molar-refractivity contribution in [2.75, 3.05) is 19.6 Å². The fourth-order valence-electron chi connectivity index (χ4n) is 4.01. The fraction of sp³-hybridized carbons (Fsp3) is 0.762. The van der Waals surface area contributed by atoms with Crippen LogP contribution in [-0.2, 0) is 16.6 Å². The molecule has 150 valence electrons.